The second kappa shape index (κ2) is 11.8. The van der Waals surface area contributed by atoms with Gasteiger partial charge >= 0.3 is 17.9 Å². The first-order chi connectivity index (χ1) is 11.4. The van der Waals surface area contributed by atoms with Gasteiger partial charge in [-0.1, -0.05) is 34.1 Å². The zero-order valence-electron chi connectivity index (χ0n) is 15.4. The zero-order valence-corrected chi connectivity index (χ0v) is 16.4. The summed E-state index contributed by atoms with van der Waals surface area (Å²) < 4.78 is 15.6. The van der Waals surface area contributed by atoms with Crippen LogP contribution in [0.4, 0.5) is 0 Å². The summed E-state index contributed by atoms with van der Waals surface area (Å²) in [5.41, 5.74) is 0. The summed E-state index contributed by atoms with van der Waals surface area (Å²) in [6.07, 6.45) is 2.08. The van der Waals surface area contributed by atoms with Crippen LogP contribution in [0.15, 0.2) is 12.2 Å². The van der Waals surface area contributed by atoms with Crippen molar-refractivity contribution < 1.29 is 28.3 Å². The molecule has 24 heavy (non-hydrogen) atoms. The van der Waals surface area contributed by atoms with Gasteiger partial charge in [-0.2, -0.15) is 0 Å². The molecule has 0 fully saturated rings. The van der Waals surface area contributed by atoms with E-state index in [1.54, 1.807) is 6.92 Å². The zero-order chi connectivity index (χ0) is 18.6. The Hall–Kier alpha value is -1.63. The molecule has 1 unspecified atom stereocenters. The molecule has 6 nitrogen and oxygen atoms in total. The van der Waals surface area contributed by atoms with Gasteiger partial charge in [0.05, 0.1) is 6.61 Å². The quantitative estimate of drug-likeness (QED) is 0.320. The second-order valence-corrected chi connectivity index (χ2v) is 10.2. The van der Waals surface area contributed by atoms with Crippen LogP contribution in [0.3, 0.4) is 0 Å². The van der Waals surface area contributed by atoms with Crippen LogP contribution in [0.5, 0.6) is 0 Å². The Labute approximate surface area is 145 Å². The highest BCUT2D eigenvalue weighted by Gasteiger charge is 2.36. The normalized spacial score (nSPS) is 12.7. The van der Waals surface area contributed by atoms with Gasteiger partial charge in [-0.15, -0.1) is 0 Å². The largest absolute Gasteiger partial charge is 0.516 e. The van der Waals surface area contributed by atoms with Crippen LogP contribution in [0.25, 0.3) is 0 Å². The van der Waals surface area contributed by atoms with E-state index in [-0.39, 0.29) is 6.61 Å². The molecule has 0 heterocycles. The van der Waals surface area contributed by atoms with Crippen LogP contribution in [0, 0.1) is 0 Å². The van der Waals surface area contributed by atoms with Crippen LogP contribution >= 0.6 is 0 Å². The predicted octanol–water partition coefficient (Wildman–Crippen LogP) is 3.37. The molecular weight excluding hydrogens is 328 g/mol. The fourth-order valence-corrected chi connectivity index (χ4v) is 4.73. The monoisotopic (exact) mass is 358 g/mol. The molecule has 0 aromatic rings. The van der Waals surface area contributed by atoms with Crippen molar-refractivity contribution in [3.8, 4) is 0 Å². The number of hydrogen-bond donors (Lipinski definition) is 0. The molecule has 0 rings (SSSR count). The summed E-state index contributed by atoms with van der Waals surface area (Å²) in [5.74, 6) is -1.86. The molecule has 138 valence electrons. The van der Waals surface area contributed by atoms with E-state index in [9.17, 15) is 14.4 Å². The van der Waals surface area contributed by atoms with E-state index in [0.717, 1.165) is 30.3 Å². The fourth-order valence-electron chi connectivity index (χ4n) is 2.24. The number of carbonyl (C=O) groups excluding carboxylic acids is 3. The molecule has 0 radical (unpaired) electrons. The highest BCUT2D eigenvalue weighted by atomic mass is 28.4. The maximum absolute atomic E-state index is 12.4. The predicted molar refractivity (Wildman–Crippen MR) is 93.9 cm³/mol. The number of carbonyl (C=O) groups is 3. The molecule has 1 atom stereocenters. The number of hydrogen-bond acceptors (Lipinski definition) is 6. The topological polar surface area (TPSA) is 78.9 Å². The van der Waals surface area contributed by atoms with Crippen LogP contribution < -0.4 is 0 Å². The van der Waals surface area contributed by atoms with Gasteiger partial charge in [0.1, 0.15) is 0 Å². The van der Waals surface area contributed by atoms with E-state index in [1.807, 2.05) is 27.7 Å². The Bertz CT molecular complexity index is 434. The van der Waals surface area contributed by atoms with Crippen molar-refractivity contribution in [2.24, 2.45) is 0 Å². The third-order valence-electron chi connectivity index (χ3n) is 3.96. The summed E-state index contributed by atoms with van der Waals surface area (Å²) in [4.78, 5) is 35.4. The Morgan fingerprint density at radius 3 is 1.92 bits per heavy atom. The lowest BCUT2D eigenvalue weighted by Gasteiger charge is -2.29. The third kappa shape index (κ3) is 7.76. The lowest BCUT2D eigenvalue weighted by atomic mass is 10.2. The highest BCUT2D eigenvalue weighted by Crippen LogP contribution is 2.23. The minimum absolute atomic E-state index is 0.223. The summed E-state index contributed by atoms with van der Waals surface area (Å²) in [5, 5.41) is 0. The van der Waals surface area contributed by atoms with Crippen molar-refractivity contribution in [1.82, 2.24) is 0 Å². The van der Waals surface area contributed by atoms with E-state index in [4.69, 9.17) is 9.16 Å². The van der Waals surface area contributed by atoms with E-state index in [2.05, 4.69) is 4.74 Å². The standard InChI is InChI=1S/C17H30O6Si/c1-6-11-14(17(20)23-24(8-3,9-4)10-5)22-16(19)13-12-15(18)21-7-2/h12-14H,6-11H2,1-5H3. The highest BCUT2D eigenvalue weighted by molar-refractivity contribution is 6.75. The second-order valence-electron chi connectivity index (χ2n) is 5.46. The maximum Gasteiger partial charge on any atom is 0.334 e. The Kier molecular flexibility index (Phi) is 11.0. The van der Waals surface area contributed by atoms with Crippen LogP contribution in [-0.4, -0.2) is 38.9 Å². The molecule has 0 spiro atoms. The van der Waals surface area contributed by atoms with Gasteiger partial charge in [0.25, 0.3) is 8.32 Å². The molecule has 0 aliphatic heterocycles. The van der Waals surface area contributed by atoms with Gasteiger partial charge in [0.2, 0.25) is 0 Å². The van der Waals surface area contributed by atoms with Crippen molar-refractivity contribution in [3.63, 3.8) is 0 Å². The Balaban J connectivity index is 4.87. The van der Waals surface area contributed by atoms with Gasteiger partial charge in [-0.25, -0.2) is 14.4 Å². The van der Waals surface area contributed by atoms with Crippen molar-refractivity contribution >= 4 is 26.2 Å². The maximum atomic E-state index is 12.4. The average molecular weight is 359 g/mol. The molecule has 0 amide bonds. The molecule has 0 bridgehead atoms. The summed E-state index contributed by atoms with van der Waals surface area (Å²) in [6, 6.07) is 2.50. The summed E-state index contributed by atoms with van der Waals surface area (Å²) in [6.45, 7) is 9.86. The molecule has 0 saturated carbocycles. The lowest BCUT2D eigenvalue weighted by Crippen LogP contribution is -2.42. The molecule has 0 aromatic heterocycles. The van der Waals surface area contributed by atoms with Gasteiger partial charge in [-0.05, 0) is 31.5 Å². The van der Waals surface area contributed by atoms with Crippen molar-refractivity contribution in [2.75, 3.05) is 6.61 Å². The first-order valence-corrected chi connectivity index (χ1v) is 11.2. The first-order valence-electron chi connectivity index (χ1n) is 8.66. The average Bonchev–Trinajstić information content (AvgIpc) is 2.57. The number of ether oxygens (including phenoxy) is 2. The van der Waals surface area contributed by atoms with Gasteiger partial charge in [0.15, 0.2) is 6.10 Å². The van der Waals surface area contributed by atoms with Crippen molar-refractivity contribution in [2.45, 2.75) is 71.7 Å². The molecular formula is C17H30O6Si. The Morgan fingerprint density at radius 1 is 0.917 bits per heavy atom. The summed E-state index contributed by atoms with van der Waals surface area (Å²) in [7, 11) is -2.10. The van der Waals surface area contributed by atoms with Crippen LogP contribution in [-0.2, 0) is 28.3 Å². The van der Waals surface area contributed by atoms with Crippen molar-refractivity contribution in [1.29, 1.82) is 0 Å². The minimum atomic E-state index is -2.10. The van der Waals surface area contributed by atoms with Gasteiger partial charge in [0, 0.05) is 12.2 Å². The number of esters is 2. The van der Waals surface area contributed by atoms with Crippen molar-refractivity contribution in [3.05, 3.63) is 12.2 Å². The molecule has 0 aliphatic carbocycles. The third-order valence-corrected chi connectivity index (χ3v) is 8.46. The van der Waals surface area contributed by atoms with E-state index >= 15 is 0 Å². The molecule has 0 N–H and O–H groups in total. The summed E-state index contributed by atoms with van der Waals surface area (Å²) >= 11 is 0. The van der Waals surface area contributed by atoms with E-state index in [1.165, 1.54) is 0 Å². The van der Waals surface area contributed by atoms with E-state index < -0.39 is 32.3 Å². The lowest BCUT2D eigenvalue weighted by molar-refractivity contribution is -0.160. The first kappa shape index (κ1) is 22.4. The number of rotatable bonds is 11. The SMILES string of the molecule is CCCC(OC(=O)C=CC(=O)OCC)C(=O)O[Si](CC)(CC)CC. The van der Waals surface area contributed by atoms with Gasteiger partial charge in [-0.3, -0.25) is 0 Å². The van der Waals surface area contributed by atoms with E-state index in [0.29, 0.717) is 12.8 Å². The molecule has 0 aromatic carbocycles. The van der Waals surface area contributed by atoms with Gasteiger partial charge < -0.3 is 13.9 Å². The molecule has 7 heteroatoms. The van der Waals surface area contributed by atoms with Crippen LogP contribution in [0.2, 0.25) is 18.1 Å². The molecule has 0 aliphatic rings. The fraction of sp³-hybridized carbons (Fsp3) is 0.706. The Morgan fingerprint density at radius 2 is 1.46 bits per heavy atom. The minimum Gasteiger partial charge on any atom is -0.516 e. The smallest absolute Gasteiger partial charge is 0.334 e. The molecule has 0 saturated heterocycles. The van der Waals surface area contributed by atoms with Crippen LogP contribution in [0.1, 0.15) is 47.5 Å².